The Kier molecular flexibility index (Phi) is 3.94. The van der Waals surface area contributed by atoms with Crippen LogP contribution in [-0.4, -0.2) is 40.0 Å². The normalized spacial score (nSPS) is 21.9. The highest BCUT2D eigenvalue weighted by Crippen LogP contribution is 2.22. The molecule has 1 saturated heterocycles. The first-order valence-electron chi connectivity index (χ1n) is 6.46. The van der Waals surface area contributed by atoms with Gasteiger partial charge in [-0.3, -0.25) is 14.8 Å². The van der Waals surface area contributed by atoms with Gasteiger partial charge >= 0.3 is 0 Å². The average molecular weight is 235 g/mol. The Morgan fingerprint density at radius 1 is 1.59 bits per heavy atom. The molecule has 0 amide bonds. The Balaban J connectivity index is 2.02. The van der Waals surface area contributed by atoms with Crippen molar-refractivity contribution in [2.45, 2.75) is 51.6 Å². The molecule has 1 N–H and O–H groups in total. The number of carbonyl (C=O) groups excluding carboxylic acids is 1. The molecule has 0 aliphatic carbocycles. The molecule has 94 valence electrons. The Labute approximate surface area is 102 Å². The van der Waals surface area contributed by atoms with Gasteiger partial charge in [0.25, 0.3) is 0 Å². The summed E-state index contributed by atoms with van der Waals surface area (Å²) in [6.45, 7) is 5.70. The molecule has 1 fully saturated rings. The van der Waals surface area contributed by atoms with E-state index in [4.69, 9.17) is 0 Å². The maximum absolute atomic E-state index is 10.6. The summed E-state index contributed by atoms with van der Waals surface area (Å²) < 4.78 is 0. The lowest BCUT2D eigenvalue weighted by atomic mass is 9.96. The van der Waals surface area contributed by atoms with E-state index in [2.05, 4.69) is 28.9 Å². The van der Waals surface area contributed by atoms with Crippen molar-refractivity contribution in [2.24, 2.45) is 0 Å². The molecule has 2 heterocycles. The number of hydrogen-bond acceptors (Lipinski definition) is 3. The van der Waals surface area contributed by atoms with Crippen LogP contribution in [0.2, 0.25) is 0 Å². The van der Waals surface area contributed by atoms with E-state index in [0.717, 1.165) is 18.4 Å². The molecular formula is C13H21N3O. The molecule has 0 bridgehead atoms. The maximum atomic E-state index is 10.6. The van der Waals surface area contributed by atoms with Crippen molar-refractivity contribution in [2.75, 3.05) is 6.54 Å². The van der Waals surface area contributed by atoms with E-state index >= 15 is 0 Å². The van der Waals surface area contributed by atoms with E-state index in [1.54, 1.807) is 0 Å². The van der Waals surface area contributed by atoms with Gasteiger partial charge in [-0.1, -0.05) is 6.42 Å². The fraction of sp³-hybridized carbons (Fsp3) is 0.692. The maximum Gasteiger partial charge on any atom is 0.170 e. The molecule has 0 saturated carbocycles. The number of hydrogen-bond donors (Lipinski definition) is 1. The fourth-order valence-corrected chi connectivity index (χ4v) is 2.72. The first-order chi connectivity index (χ1) is 8.20. The number of aromatic nitrogens is 2. The van der Waals surface area contributed by atoms with Crippen LogP contribution in [0.1, 0.15) is 49.3 Å². The van der Waals surface area contributed by atoms with Gasteiger partial charge < -0.3 is 0 Å². The van der Waals surface area contributed by atoms with Crippen LogP contribution in [0.3, 0.4) is 0 Å². The smallest absolute Gasteiger partial charge is 0.170 e. The van der Waals surface area contributed by atoms with Gasteiger partial charge in [0.15, 0.2) is 6.29 Å². The van der Waals surface area contributed by atoms with E-state index in [-0.39, 0.29) is 0 Å². The van der Waals surface area contributed by atoms with E-state index in [0.29, 0.717) is 17.8 Å². The van der Waals surface area contributed by atoms with Crippen molar-refractivity contribution in [3.8, 4) is 0 Å². The summed E-state index contributed by atoms with van der Waals surface area (Å²) in [7, 11) is 0. The highest BCUT2D eigenvalue weighted by Gasteiger charge is 2.24. The minimum Gasteiger partial charge on any atom is -0.298 e. The summed E-state index contributed by atoms with van der Waals surface area (Å²) in [5.74, 6) is 0. The molecule has 2 rings (SSSR count). The molecule has 17 heavy (non-hydrogen) atoms. The standard InChI is InChI=1S/C13H21N3O/c1-10(2)16-6-4-3-5-13(16)8-11-7-12(9-17)15-14-11/h7,9-10,13H,3-6,8H2,1-2H3,(H,14,15). The van der Waals surface area contributed by atoms with Crippen molar-refractivity contribution in [3.05, 3.63) is 17.5 Å². The van der Waals surface area contributed by atoms with Crippen LogP contribution in [0.5, 0.6) is 0 Å². The minimum atomic E-state index is 0.506. The van der Waals surface area contributed by atoms with Gasteiger partial charge in [-0.15, -0.1) is 0 Å². The largest absolute Gasteiger partial charge is 0.298 e. The van der Waals surface area contributed by atoms with Gasteiger partial charge in [-0.05, 0) is 39.3 Å². The SMILES string of the molecule is CC(C)N1CCCCC1Cc1cc(C=O)n[nH]1. The summed E-state index contributed by atoms with van der Waals surface area (Å²) in [5.41, 5.74) is 1.58. The molecule has 1 atom stereocenters. The zero-order valence-corrected chi connectivity index (χ0v) is 10.6. The molecule has 1 unspecified atom stereocenters. The fourth-order valence-electron chi connectivity index (χ4n) is 2.72. The predicted molar refractivity (Wildman–Crippen MR) is 67.2 cm³/mol. The number of likely N-dealkylation sites (tertiary alicyclic amines) is 1. The van der Waals surface area contributed by atoms with Crippen molar-refractivity contribution >= 4 is 6.29 Å². The third-order valence-corrected chi connectivity index (χ3v) is 3.56. The molecule has 0 radical (unpaired) electrons. The number of piperidine rings is 1. The third kappa shape index (κ3) is 2.94. The van der Waals surface area contributed by atoms with Gasteiger partial charge in [0.2, 0.25) is 0 Å². The molecule has 4 heteroatoms. The van der Waals surface area contributed by atoms with Gasteiger partial charge in [0.1, 0.15) is 5.69 Å². The first kappa shape index (κ1) is 12.3. The van der Waals surface area contributed by atoms with Crippen molar-refractivity contribution in [3.63, 3.8) is 0 Å². The molecule has 1 aromatic heterocycles. The second kappa shape index (κ2) is 5.45. The zero-order chi connectivity index (χ0) is 12.3. The lowest BCUT2D eigenvalue weighted by molar-refractivity contribution is 0.110. The van der Waals surface area contributed by atoms with Gasteiger partial charge in [0, 0.05) is 24.2 Å². The summed E-state index contributed by atoms with van der Waals surface area (Å²) in [6.07, 6.45) is 5.62. The lowest BCUT2D eigenvalue weighted by Gasteiger charge is -2.38. The van der Waals surface area contributed by atoms with Gasteiger partial charge in [0.05, 0.1) is 0 Å². The summed E-state index contributed by atoms with van der Waals surface area (Å²) in [6, 6.07) is 3.04. The summed E-state index contributed by atoms with van der Waals surface area (Å²) in [4.78, 5) is 13.2. The Morgan fingerprint density at radius 3 is 3.06 bits per heavy atom. The first-order valence-corrected chi connectivity index (χ1v) is 6.46. The minimum absolute atomic E-state index is 0.506. The summed E-state index contributed by atoms with van der Waals surface area (Å²) >= 11 is 0. The predicted octanol–water partition coefficient (Wildman–Crippen LogP) is 2.03. The monoisotopic (exact) mass is 235 g/mol. The molecule has 0 aromatic carbocycles. The number of carbonyl (C=O) groups is 1. The van der Waals surface area contributed by atoms with Crippen LogP contribution in [-0.2, 0) is 6.42 Å². The van der Waals surface area contributed by atoms with E-state index < -0.39 is 0 Å². The number of aromatic amines is 1. The van der Waals surface area contributed by atoms with E-state index in [9.17, 15) is 4.79 Å². The topological polar surface area (TPSA) is 49.0 Å². The van der Waals surface area contributed by atoms with Crippen LogP contribution in [0.4, 0.5) is 0 Å². The molecular weight excluding hydrogens is 214 g/mol. The average Bonchev–Trinajstić information content (AvgIpc) is 2.77. The highest BCUT2D eigenvalue weighted by molar-refractivity contribution is 5.71. The molecule has 1 aromatic rings. The number of aldehydes is 1. The van der Waals surface area contributed by atoms with Crippen LogP contribution < -0.4 is 0 Å². The summed E-state index contributed by atoms with van der Waals surface area (Å²) in [5, 5.41) is 6.91. The number of H-pyrrole nitrogens is 1. The van der Waals surface area contributed by atoms with Crippen molar-refractivity contribution < 1.29 is 4.79 Å². The van der Waals surface area contributed by atoms with Crippen molar-refractivity contribution in [1.29, 1.82) is 0 Å². The van der Waals surface area contributed by atoms with Gasteiger partial charge in [-0.2, -0.15) is 5.10 Å². The van der Waals surface area contributed by atoms with E-state index in [1.165, 1.54) is 25.8 Å². The Morgan fingerprint density at radius 2 is 2.41 bits per heavy atom. The van der Waals surface area contributed by atoms with E-state index in [1.807, 2.05) is 6.07 Å². The van der Waals surface area contributed by atoms with Crippen LogP contribution >= 0.6 is 0 Å². The quantitative estimate of drug-likeness (QED) is 0.812. The number of nitrogens with zero attached hydrogens (tertiary/aromatic N) is 2. The Bertz CT molecular complexity index is 372. The second-order valence-corrected chi connectivity index (χ2v) is 5.12. The zero-order valence-electron chi connectivity index (χ0n) is 10.6. The van der Waals surface area contributed by atoms with Gasteiger partial charge in [-0.25, -0.2) is 0 Å². The lowest BCUT2D eigenvalue weighted by Crippen LogP contribution is -2.45. The molecule has 1 aliphatic rings. The van der Waals surface area contributed by atoms with Crippen LogP contribution in [0.25, 0.3) is 0 Å². The number of rotatable bonds is 4. The Hall–Kier alpha value is -1.16. The highest BCUT2D eigenvalue weighted by atomic mass is 16.1. The third-order valence-electron chi connectivity index (χ3n) is 3.56. The second-order valence-electron chi connectivity index (χ2n) is 5.12. The van der Waals surface area contributed by atoms with Crippen LogP contribution in [0.15, 0.2) is 6.07 Å². The molecule has 0 spiro atoms. The van der Waals surface area contributed by atoms with Crippen molar-refractivity contribution in [1.82, 2.24) is 15.1 Å². The molecule has 1 aliphatic heterocycles. The molecule has 4 nitrogen and oxygen atoms in total. The van der Waals surface area contributed by atoms with Crippen LogP contribution in [0, 0.1) is 0 Å². The number of nitrogens with one attached hydrogen (secondary N) is 1.